The topological polar surface area (TPSA) is 48.1 Å². The lowest BCUT2D eigenvalue weighted by atomic mass is 10.1. The van der Waals surface area contributed by atoms with Crippen LogP contribution in [0.4, 0.5) is 0 Å². The lowest BCUT2D eigenvalue weighted by molar-refractivity contribution is 0.462. The SMILES string of the molecule is CCCCc1ccc(Oc2cc(CN)ccn2)cc1. The largest absolute Gasteiger partial charge is 0.439 e. The summed E-state index contributed by atoms with van der Waals surface area (Å²) in [5, 5.41) is 0. The van der Waals surface area contributed by atoms with Gasteiger partial charge in [-0.1, -0.05) is 25.5 Å². The Bertz CT molecular complexity index is 508. The fraction of sp³-hybridized carbons (Fsp3) is 0.312. The van der Waals surface area contributed by atoms with Crippen LogP contribution < -0.4 is 10.5 Å². The number of hydrogen-bond acceptors (Lipinski definition) is 3. The fourth-order valence-electron chi connectivity index (χ4n) is 1.86. The average Bonchev–Trinajstić information content (AvgIpc) is 2.47. The normalized spacial score (nSPS) is 10.4. The summed E-state index contributed by atoms with van der Waals surface area (Å²) in [5.74, 6) is 1.39. The van der Waals surface area contributed by atoms with E-state index < -0.39 is 0 Å². The van der Waals surface area contributed by atoms with Crippen LogP contribution >= 0.6 is 0 Å². The highest BCUT2D eigenvalue weighted by Crippen LogP contribution is 2.21. The van der Waals surface area contributed by atoms with Crippen LogP contribution in [0.3, 0.4) is 0 Å². The molecule has 0 saturated heterocycles. The first kappa shape index (κ1) is 13.6. The Labute approximate surface area is 114 Å². The quantitative estimate of drug-likeness (QED) is 0.857. The summed E-state index contributed by atoms with van der Waals surface area (Å²) < 4.78 is 5.71. The number of hydrogen-bond donors (Lipinski definition) is 1. The van der Waals surface area contributed by atoms with Crippen molar-refractivity contribution in [2.75, 3.05) is 0 Å². The first-order chi connectivity index (χ1) is 9.31. The second-order valence-corrected chi connectivity index (χ2v) is 4.56. The van der Waals surface area contributed by atoms with Crippen LogP contribution in [0.2, 0.25) is 0 Å². The highest BCUT2D eigenvalue weighted by atomic mass is 16.5. The molecule has 3 heteroatoms. The number of aromatic nitrogens is 1. The van der Waals surface area contributed by atoms with Gasteiger partial charge in [-0.3, -0.25) is 0 Å². The van der Waals surface area contributed by atoms with Gasteiger partial charge < -0.3 is 10.5 Å². The number of benzene rings is 1. The molecule has 0 fully saturated rings. The van der Waals surface area contributed by atoms with Crippen LogP contribution in [-0.2, 0) is 13.0 Å². The molecule has 1 heterocycles. The Morgan fingerprint density at radius 3 is 2.58 bits per heavy atom. The van der Waals surface area contributed by atoms with Gasteiger partial charge >= 0.3 is 0 Å². The molecule has 2 rings (SSSR count). The Morgan fingerprint density at radius 1 is 1.11 bits per heavy atom. The number of ether oxygens (including phenoxy) is 1. The highest BCUT2D eigenvalue weighted by Gasteiger charge is 2.00. The van der Waals surface area contributed by atoms with Gasteiger partial charge in [0.05, 0.1) is 0 Å². The minimum atomic E-state index is 0.495. The van der Waals surface area contributed by atoms with E-state index in [0.29, 0.717) is 12.4 Å². The van der Waals surface area contributed by atoms with Crippen molar-refractivity contribution in [1.82, 2.24) is 4.98 Å². The minimum Gasteiger partial charge on any atom is -0.439 e. The molecule has 1 aromatic carbocycles. The number of nitrogens with zero attached hydrogens (tertiary/aromatic N) is 1. The standard InChI is InChI=1S/C16H20N2O/c1-2-3-4-13-5-7-15(8-6-13)19-16-11-14(12-17)9-10-18-16/h5-11H,2-4,12,17H2,1H3. The Balaban J connectivity index is 2.02. The molecular formula is C16H20N2O. The summed E-state index contributed by atoms with van der Waals surface area (Å²) in [6.07, 6.45) is 5.28. The van der Waals surface area contributed by atoms with Crippen LogP contribution in [0.15, 0.2) is 42.6 Å². The van der Waals surface area contributed by atoms with Gasteiger partial charge in [-0.15, -0.1) is 0 Å². The predicted octanol–water partition coefficient (Wildman–Crippen LogP) is 3.68. The van der Waals surface area contributed by atoms with E-state index in [1.54, 1.807) is 6.20 Å². The number of unbranched alkanes of at least 4 members (excludes halogenated alkanes) is 1. The third-order valence-corrected chi connectivity index (χ3v) is 3.00. The van der Waals surface area contributed by atoms with Crippen LogP contribution in [0.5, 0.6) is 11.6 Å². The van der Waals surface area contributed by atoms with E-state index in [-0.39, 0.29) is 0 Å². The number of nitrogens with two attached hydrogens (primary N) is 1. The molecule has 0 aliphatic rings. The van der Waals surface area contributed by atoms with Gasteiger partial charge in [-0.25, -0.2) is 4.98 Å². The monoisotopic (exact) mass is 256 g/mol. The molecule has 0 amide bonds. The van der Waals surface area contributed by atoms with Crippen molar-refractivity contribution >= 4 is 0 Å². The Morgan fingerprint density at radius 2 is 1.89 bits per heavy atom. The maximum absolute atomic E-state index is 5.71. The van der Waals surface area contributed by atoms with Crippen LogP contribution in [0.1, 0.15) is 30.9 Å². The van der Waals surface area contributed by atoms with Gasteiger partial charge in [0.25, 0.3) is 0 Å². The lowest BCUT2D eigenvalue weighted by Crippen LogP contribution is -1.97. The second kappa shape index (κ2) is 6.90. The number of aryl methyl sites for hydroxylation is 1. The van der Waals surface area contributed by atoms with E-state index in [1.807, 2.05) is 24.3 Å². The molecule has 0 aliphatic heterocycles. The lowest BCUT2D eigenvalue weighted by Gasteiger charge is -2.07. The molecule has 0 atom stereocenters. The Kier molecular flexibility index (Phi) is 4.93. The maximum Gasteiger partial charge on any atom is 0.219 e. The molecule has 1 aromatic heterocycles. The molecule has 100 valence electrons. The van der Waals surface area contributed by atoms with Crippen molar-refractivity contribution in [3.63, 3.8) is 0 Å². The maximum atomic E-state index is 5.71. The van der Waals surface area contributed by atoms with Crippen LogP contribution in [-0.4, -0.2) is 4.98 Å². The molecule has 0 saturated carbocycles. The summed E-state index contributed by atoms with van der Waals surface area (Å²) in [6, 6.07) is 11.9. The molecule has 0 unspecified atom stereocenters. The molecule has 0 spiro atoms. The average molecular weight is 256 g/mol. The number of pyridine rings is 1. The van der Waals surface area contributed by atoms with Gasteiger partial charge in [0.15, 0.2) is 0 Å². The summed E-state index contributed by atoms with van der Waals surface area (Å²) in [6.45, 7) is 2.70. The summed E-state index contributed by atoms with van der Waals surface area (Å²) >= 11 is 0. The fourth-order valence-corrected chi connectivity index (χ4v) is 1.86. The molecular weight excluding hydrogens is 236 g/mol. The molecule has 0 bridgehead atoms. The summed E-state index contributed by atoms with van der Waals surface area (Å²) in [7, 11) is 0. The zero-order valence-corrected chi connectivity index (χ0v) is 11.3. The predicted molar refractivity (Wildman–Crippen MR) is 77.3 cm³/mol. The summed E-state index contributed by atoms with van der Waals surface area (Å²) in [4.78, 5) is 4.18. The van der Waals surface area contributed by atoms with E-state index in [9.17, 15) is 0 Å². The third kappa shape index (κ3) is 4.07. The molecule has 0 radical (unpaired) electrons. The molecule has 2 aromatic rings. The van der Waals surface area contributed by atoms with E-state index in [4.69, 9.17) is 10.5 Å². The van der Waals surface area contributed by atoms with Gasteiger partial charge in [0.1, 0.15) is 5.75 Å². The van der Waals surface area contributed by atoms with Crippen molar-refractivity contribution < 1.29 is 4.74 Å². The molecule has 2 N–H and O–H groups in total. The van der Waals surface area contributed by atoms with Crippen LogP contribution in [0.25, 0.3) is 0 Å². The van der Waals surface area contributed by atoms with Crippen LogP contribution in [0, 0.1) is 0 Å². The third-order valence-electron chi connectivity index (χ3n) is 3.00. The van der Waals surface area contributed by atoms with Crippen molar-refractivity contribution in [2.24, 2.45) is 5.73 Å². The first-order valence-corrected chi connectivity index (χ1v) is 6.73. The second-order valence-electron chi connectivity index (χ2n) is 4.56. The van der Waals surface area contributed by atoms with Gasteiger partial charge in [-0.2, -0.15) is 0 Å². The van der Waals surface area contributed by atoms with Crippen molar-refractivity contribution in [2.45, 2.75) is 32.7 Å². The number of rotatable bonds is 6. The molecule has 0 aliphatic carbocycles. The molecule has 19 heavy (non-hydrogen) atoms. The van der Waals surface area contributed by atoms with E-state index >= 15 is 0 Å². The smallest absolute Gasteiger partial charge is 0.219 e. The minimum absolute atomic E-state index is 0.495. The van der Waals surface area contributed by atoms with E-state index in [0.717, 1.165) is 17.7 Å². The summed E-state index contributed by atoms with van der Waals surface area (Å²) in [5.41, 5.74) is 7.96. The highest BCUT2D eigenvalue weighted by molar-refractivity contribution is 5.31. The van der Waals surface area contributed by atoms with Crippen molar-refractivity contribution in [1.29, 1.82) is 0 Å². The zero-order valence-electron chi connectivity index (χ0n) is 11.3. The van der Waals surface area contributed by atoms with E-state index in [1.165, 1.54) is 18.4 Å². The zero-order chi connectivity index (χ0) is 13.5. The van der Waals surface area contributed by atoms with Gasteiger partial charge in [0.2, 0.25) is 5.88 Å². The van der Waals surface area contributed by atoms with Gasteiger partial charge in [-0.05, 0) is 42.2 Å². The first-order valence-electron chi connectivity index (χ1n) is 6.73. The van der Waals surface area contributed by atoms with Gasteiger partial charge in [0, 0.05) is 18.8 Å². The molecule has 3 nitrogen and oxygen atoms in total. The van der Waals surface area contributed by atoms with E-state index in [2.05, 4.69) is 24.0 Å². The van der Waals surface area contributed by atoms with Crippen molar-refractivity contribution in [3.05, 3.63) is 53.7 Å². The Hall–Kier alpha value is -1.87. The van der Waals surface area contributed by atoms with Crippen molar-refractivity contribution in [3.8, 4) is 11.6 Å².